The molecular formula is C10H12BrNO2S. The van der Waals surface area contributed by atoms with E-state index in [1.165, 1.54) is 11.3 Å². The average Bonchev–Trinajstić information content (AvgIpc) is 2.60. The lowest BCUT2D eigenvalue weighted by Gasteiger charge is -2.19. The molecule has 1 aromatic heterocycles. The zero-order chi connectivity index (χ0) is 11.4. The van der Waals surface area contributed by atoms with Crippen LogP contribution in [0.15, 0.2) is 15.9 Å². The third-order valence-electron chi connectivity index (χ3n) is 2.03. The van der Waals surface area contributed by atoms with E-state index in [1.807, 2.05) is 11.4 Å². The predicted octanol–water partition coefficient (Wildman–Crippen LogP) is 2.86. The van der Waals surface area contributed by atoms with Gasteiger partial charge in [-0.25, -0.2) is 0 Å². The van der Waals surface area contributed by atoms with Crippen LogP contribution < -0.4 is 0 Å². The van der Waals surface area contributed by atoms with E-state index in [0.29, 0.717) is 0 Å². The van der Waals surface area contributed by atoms with Crippen LogP contribution in [-0.2, 0) is 4.74 Å². The Kier molecular flexibility index (Phi) is 4.74. The highest BCUT2D eigenvalue weighted by Crippen LogP contribution is 2.31. The molecule has 0 aliphatic heterocycles. The van der Waals surface area contributed by atoms with Crippen molar-refractivity contribution in [1.29, 1.82) is 5.26 Å². The fourth-order valence-electron chi connectivity index (χ4n) is 0.972. The van der Waals surface area contributed by atoms with Crippen LogP contribution in [-0.4, -0.2) is 17.3 Å². The van der Waals surface area contributed by atoms with Crippen molar-refractivity contribution in [2.24, 2.45) is 0 Å². The number of hydrogen-bond acceptors (Lipinski definition) is 4. The Bertz CT molecular complexity index is 359. The number of rotatable bonds is 4. The first-order chi connectivity index (χ1) is 7.06. The lowest BCUT2D eigenvalue weighted by molar-refractivity contribution is -0.0417. The molecule has 0 saturated carbocycles. The van der Waals surface area contributed by atoms with Crippen molar-refractivity contribution in [2.45, 2.75) is 32.2 Å². The van der Waals surface area contributed by atoms with E-state index in [9.17, 15) is 5.11 Å². The molecule has 3 unspecified atom stereocenters. The topological polar surface area (TPSA) is 53.2 Å². The van der Waals surface area contributed by atoms with Gasteiger partial charge in [0.05, 0.1) is 17.1 Å². The quantitative estimate of drug-likeness (QED) is 0.927. The fourth-order valence-corrected chi connectivity index (χ4v) is 2.53. The van der Waals surface area contributed by atoms with Crippen LogP contribution in [0.4, 0.5) is 0 Å². The van der Waals surface area contributed by atoms with Gasteiger partial charge in [-0.05, 0) is 41.2 Å². The molecule has 1 heterocycles. The number of aliphatic hydroxyl groups excluding tert-OH is 1. The lowest BCUT2D eigenvalue weighted by atomic mass is 10.2. The molecule has 0 saturated heterocycles. The maximum Gasteiger partial charge on any atom is 0.179 e. The van der Waals surface area contributed by atoms with E-state index >= 15 is 0 Å². The van der Waals surface area contributed by atoms with Crippen molar-refractivity contribution in [2.75, 3.05) is 0 Å². The first-order valence-corrected chi connectivity index (χ1v) is 6.19. The number of nitriles is 1. The van der Waals surface area contributed by atoms with Crippen molar-refractivity contribution in [3.05, 3.63) is 20.8 Å². The zero-order valence-corrected chi connectivity index (χ0v) is 10.9. The Hall–Kier alpha value is -0.410. The Morgan fingerprint density at radius 1 is 1.60 bits per heavy atom. The number of nitrogens with zero attached hydrogens (tertiary/aromatic N) is 1. The maximum absolute atomic E-state index is 9.29. The summed E-state index contributed by atoms with van der Waals surface area (Å²) in [6.45, 7) is 3.39. The first kappa shape index (κ1) is 12.7. The maximum atomic E-state index is 9.29. The van der Waals surface area contributed by atoms with Gasteiger partial charge in [-0.15, -0.1) is 11.3 Å². The molecule has 3 nitrogen and oxygen atoms in total. The van der Waals surface area contributed by atoms with Crippen LogP contribution in [0.25, 0.3) is 0 Å². The highest BCUT2D eigenvalue weighted by Gasteiger charge is 2.20. The minimum Gasteiger partial charge on any atom is -0.391 e. The molecule has 82 valence electrons. The number of aliphatic hydroxyl groups is 1. The van der Waals surface area contributed by atoms with Gasteiger partial charge in [-0.1, -0.05) is 0 Å². The van der Waals surface area contributed by atoms with Gasteiger partial charge in [0.25, 0.3) is 0 Å². The molecule has 0 radical (unpaired) electrons. The number of thiophene rings is 1. The predicted molar refractivity (Wildman–Crippen MR) is 62.6 cm³/mol. The van der Waals surface area contributed by atoms with Crippen LogP contribution in [0.3, 0.4) is 0 Å². The normalized spacial score (nSPS) is 16.7. The van der Waals surface area contributed by atoms with E-state index < -0.39 is 12.2 Å². The molecule has 1 N–H and O–H groups in total. The highest BCUT2D eigenvalue weighted by atomic mass is 79.9. The molecular weight excluding hydrogens is 278 g/mol. The van der Waals surface area contributed by atoms with E-state index in [-0.39, 0.29) is 6.10 Å². The molecule has 0 aromatic carbocycles. The smallest absolute Gasteiger partial charge is 0.179 e. The van der Waals surface area contributed by atoms with Crippen LogP contribution in [0.1, 0.15) is 24.8 Å². The van der Waals surface area contributed by atoms with Gasteiger partial charge < -0.3 is 9.84 Å². The molecule has 0 fully saturated rings. The second-order valence-corrected chi connectivity index (χ2v) is 5.03. The van der Waals surface area contributed by atoms with Crippen molar-refractivity contribution in [3.63, 3.8) is 0 Å². The van der Waals surface area contributed by atoms with Crippen molar-refractivity contribution in [3.8, 4) is 6.07 Å². The molecule has 0 aliphatic carbocycles. The van der Waals surface area contributed by atoms with Gasteiger partial charge in [0.15, 0.2) is 6.10 Å². The molecule has 1 aromatic rings. The van der Waals surface area contributed by atoms with Crippen molar-refractivity contribution >= 4 is 27.3 Å². The summed E-state index contributed by atoms with van der Waals surface area (Å²) in [5.74, 6) is 0. The Balaban J connectivity index is 2.75. The fraction of sp³-hybridized carbons (Fsp3) is 0.500. The zero-order valence-electron chi connectivity index (χ0n) is 8.48. The second kappa shape index (κ2) is 5.61. The SMILES string of the molecule is CC(O)C(C)OC(C#N)c1sccc1Br. The molecule has 5 heteroatoms. The molecule has 3 atom stereocenters. The largest absolute Gasteiger partial charge is 0.391 e. The van der Waals surface area contributed by atoms with Gasteiger partial charge in [0.2, 0.25) is 0 Å². The number of ether oxygens (including phenoxy) is 1. The van der Waals surface area contributed by atoms with Gasteiger partial charge in [-0.2, -0.15) is 5.26 Å². The van der Waals surface area contributed by atoms with Crippen molar-refractivity contribution < 1.29 is 9.84 Å². The Morgan fingerprint density at radius 3 is 2.67 bits per heavy atom. The van der Waals surface area contributed by atoms with Crippen LogP contribution in [0.2, 0.25) is 0 Å². The first-order valence-electron chi connectivity index (χ1n) is 4.52. The van der Waals surface area contributed by atoms with Gasteiger partial charge in [-0.3, -0.25) is 0 Å². The minimum absolute atomic E-state index is 0.358. The standard InChI is InChI=1S/C10H12BrNO2S/c1-6(13)7(2)14-9(5-12)10-8(11)3-4-15-10/h3-4,6-7,9,13H,1-2H3. The third kappa shape index (κ3) is 3.28. The average molecular weight is 290 g/mol. The van der Waals surface area contributed by atoms with Gasteiger partial charge >= 0.3 is 0 Å². The van der Waals surface area contributed by atoms with E-state index in [0.717, 1.165) is 9.35 Å². The molecule has 0 amide bonds. The molecule has 1 rings (SSSR count). The van der Waals surface area contributed by atoms with Crippen LogP contribution in [0, 0.1) is 11.3 Å². The van der Waals surface area contributed by atoms with E-state index in [2.05, 4.69) is 22.0 Å². The lowest BCUT2D eigenvalue weighted by Crippen LogP contribution is -2.24. The molecule has 15 heavy (non-hydrogen) atoms. The molecule has 0 spiro atoms. The van der Waals surface area contributed by atoms with Crippen molar-refractivity contribution in [1.82, 2.24) is 0 Å². The van der Waals surface area contributed by atoms with Crippen LogP contribution in [0.5, 0.6) is 0 Å². The highest BCUT2D eigenvalue weighted by molar-refractivity contribution is 9.10. The minimum atomic E-state index is -0.621. The van der Waals surface area contributed by atoms with Gasteiger partial charge in [0, 0.05) is 4.47 Å². The van der Waals surface area contributed by atoms with Gasteiger partial charge in [0.1, 0.15) is 6.07 Å². The van der Waals surface area contributed by atoms with E-state index in [1.54, 1.807) is 13.8 Å². The number of hydrogen-bond donors (Lipinski definition) is 1. The van der Waals surface area contributed by atoms with E-state index in [4.69, 9.17) is 10.00 Å². The third-order valence-corrected chi connectivity index (χ3v) is 3.94. The molecule has 0 bridgehead atoms. The summed E-state index contributed by atoms with van der Waals surface area (Å²) >= 11 is 4.81. The Morgan fingerprint density at radius 2 is 2.27 bits per heavy atom. The summed E-state index contributed by atoms with van der Waals surface area (Å²) in [5, 5.41) is 20.2. The summed E-state index contributed by atoms with van der Waals surface area (Å²) in [6, 6.07) is 3.95. The Labute approximate surface area is 101 Å². The number of halogens is 1. The summed E-state index contributed by atoms with van der Waals surface area (Å²) < 4.78 is 6.33. The monoisotopic (exact) mass is 289 g/mol. The van der Waals surface area contributed by atoms with Crippen LogP contribution >= 0.6 is 27.3 Å². The summed E-state index contributed by atoms with van der Waals surface area (Å²) in [7, 11) is 0. The summed E-state index contributed by atoms with van der Waals surface area (Å²) in [4.78, 5) is 0.838. The second-order valence-electron chi connectivity index (χ2n) is 3.22. The molecule has 0 aliphatic rings. The summed E-state index contributed by atoms with van der Waals surface area (Å²) in [6.07, 6.45) is -1.56. The summed E-state index contributed by atoms with van der Waals surface area (Å²) in [5.41, 5.74) is 0.